The SMILES string of the molecule is N=C(N=C(Nn1c2ccccc2c2ccccc21)c1ccccc1)c1c(-n2c3cc4ccccc4cc3c3ccc4ccccc4c32)ccc2c1oc1ccccc12. The largest absolute Gasteiger partial charge is 0.455 e. The Labute approximate surface area is 332 Å². The summed E-state index contributed by atoms with van der Waals surface area (Å²) >= 11 is 0. The normalized spacial score (nSPS) is 12.3. The summed E-state index contributed by atoms with van der Waals surface area (Å²) < 4.78 is 11.2. The minimum Gasteiger partial charge on any atom is -0.455 e. The smallest absolute Gasteiger partial charge is 0.160 e. The molecule has 0 amide bonds. The predicted octanol–water partition coefficient (Wildman–Crippen LogP) is 13.1. The van der Waals surface area contributed by atoms with Crippen molar-refractivity contribution in [2.45, 2.75) is 0 Å². The second kappa shape index (κ2) is 12.5. The van der Waals surface area contributed by atoms with Crippen LogP contribution in [0.2, 0.25) is 0 Å². The molecule has 2 N–H and O–H groups in total. The van der Waals surface area contributed by atoms with E-state index in [0.717, 1.165) is 87.4 Å². The summed E-state index contributed by atoms with van der Waals surface area (Å²) in [7, 11) is 0. The number of amidine groups is 2. The molecule has 3 heterocycles. The summed E-state index contributed by atoms with van der Waals surface area (Å²) in [4.78, 5) is 5.26. The second-order valence-electron chi connectivity index (χ2n) is 14.8. The Bertz CT molecular complexity index is 3630. The zero-order valence-corrected chi connectivity index (χ0v) is 31.1. The number of rotatable bonds is 4. The van der Waals surface area contributed by atoms with Crippen LogP contribution in [0.5, 0.6) is 0 Å². The first kappa shape index (κ1) is 32.3. The summed E-state index contributed by atoms with van der Waals surface area (Å²) in [6, 6.07) is 65.2. The van der Waals surface area contributed by atoms with Crippen LogP contribution in [-0.4, -0.2) is 20.9 Å². The number of aliphatic imine (C=N–C) groups is 1. The Morgan fingerprint density at radius 3 is 1.84 bits per heavy atom. The molecule has 0 aliphatic heterocycles. The highest BCUT2D eigenvalue weighted by Crippen LogP contribution is 2.42. The number of hydrogen-bond donors (Lipinski definition) is 2. The topological polar surface area (TPSA) is 71.2 Å². The number of aromatic nitrogens is 2. The van der Waals surface area contributed by atoms with Gasteiger partial charge in [0.2, 0.25) is 0 Å². The fraction of sp³-hybridized carbons (Fsp3) is 0. The molecule has 6 heteroatoms. The van der Waals surface area contributed by atoms with Crippen LogP contribution in [0, 0.1) is 5.41 Å². The molecular formula is C52H33N5O. The van der Waals surface area contributed by atoms with Gasteiger partial charge in [0.05, 0.1) is 33.3 Å². The van der Waals surface area contributed by atoms with Gasteiger partial charge >= 0.3 is 0 Å². The lowest BCUT2D eigenvalue weighted by atomic mass is 10.0. The average molecular weight is 744 g/mol. The molecule has 0 radical (unpaired) electrons. The van der Waals surface area contributed by atoms with E-state index >= 15 is 0 Å². The molecule has 12 rings (SSSR count). The van der Waals surface area contributed by atoms with E-state index in [1.165, 1.54) is 5.39 Å². The van der Waals surface area contributed by atoms with Crippen LogP contribution < -0.4 is 5.43 Å². The number of benzene rings is 9. The zero-order valence-electron chi connectivity index (χ0n) is 31.1. The van der Waals surface area contributed by atoms with Gasteiger partial charge in [0.1, 0.15) is 11.2 Å². The van der Waals surface area contributed by atoms with Crippen molar-refractivity contribution in [3.63, 3.8) is 0 Å². The van der Waals surface area contributed by atoms with Gasteiger partial charge in [-0.2, -0.15) is 0 Å². The Hall–Kier alpha value is -7.96. The summed E-state index contributed by atoms with van der Waals surface area (Å²) in [5.41, 5.74) is 11.5. The van der Waals surface area contributed by atoms with Crippen LogP contribution in [-0.2, 0) is 0 Å². The lowest BCUT2D eigenvalue weighted by Crippen LogP contribution is -2.25. The first-order valence-corrected chi connectivity index (χ1v) is 19.5. The Morgan fingerprint density at radius 1 is 0.483 bits per heavy atom. The first-order valence-electron chi connectivity index (χ1n) is 19.5. The van der Waals surface area contributed by atoms with Crippen molar-refractivity contribution in [3.8, 4) is 5.69 Å². The molecule has 0 atom stereocenters. The Balaban J connectivity index is 1.17. The van der Waals surface area contributed by atoms with Crippen molar-refractivity contribution in [1.82, 2.24) is 9.24 Å². The molecule has 0 fully saturated rings. The van der Waals surface area contributed by atoms with Gasteiger partial charge in [-0.3, -0.25) is 15.5 Å². The fourth-order valence-electron chi connectivity index (χ4n) is 8.97. The van der Waals surface area contributed by atoms with E-state index < -0.39 is 0 Å². The lowest BCUT2D eigenvalue weighted by molar-refractivity contribution is 0.667. The highest BCUT2D eigenvalue weighted by Gasteiger charge is 2.25. The quantitative estimate of drug-likeness (QED) is 0.139. The Kier molecular flexibility index (Phi) is 6.98. The average Bonchev–Trinajstić information content (AvgIpc) is 3.93. The molecule has 272 valence electrons. The highest BCUT2D eigenvalue weighted by atomic mass is 16.3. The molecule has 0 aliphatic rings. The molecule has 0 saturated carbocycles. The minimum atomic E-state index is 0.0720. The monoisotopic (exact) mass is 743 g/mol. The van der Waals surface area contributed by atoms with E-state index in [1.54, 1.807) is 0 Å². The number of nitrogens with zero attached hydrogens (tertiary/aromatic N) is 3. The molecule has 12 aromatic rings. The van der Waals surface area contributed by atoms with E-state index in [-0.39, 0.29) is 5.84 Å². The van der Waals surface area contributed by atoms with Crippen molar-refractivity contribution >= 4 is 98.8 Å². The first-order chi connectivity index (χ1) is 28.7. The van der Waals surface area contributed by atoms with E-state index in [9.17, 15) is 5.41 Å². The molecule has 0 unspecified atom stereocenters. The maximum absolute atomic E-state index is 10.2. The van der Waals surface area contributed by atoms with Gasteiger partial charge in [-0.1, -0.05) is 146 Å². The van der Waals surface area contributed by atoms with Crippen LogP contribution in [0.1, 0.15) is 11.1 Å². The third kappa shape index (κ3) is 4.79. The maximum atomic E-state index is 10.2. The molecular weight excluding hydrogens is 711 g/mol. The Morgan fingerprint density at radius 2 is 1.09 bits per heavy atom. The van der Waals surface area contributed by atoms with Crippen molar-refractivity contribution in [3.05, 3.63) is 199 Å². The predicted molar refractivity (Wildman–Crippen MR) is 242 cm³/mol. The van der Waals surface area contributed by atoms with Gasteiger partial charge in [-0.25, -0.2) is 4.99 Å². The molecule has 58 heavy (non-hydrogen) atoms. The molecule has 3 aromatic heterocycles. The van der Waals surface area contributed by atoms with Crippen LogP contribution in [0.25, 0.3) is 92.8 Å². The minimum absolute atomic E-state index is 0.0720. The number of fused-ring (bicyclic) bond motifs is 12. The standard InChI is InChI=1S/C52H33N5O/c53-51(54-52(33-15-2-1-3-16-33)55-57-43-23-11-8-20-37(43)38-21-9-12-24-44(38)57)48-45(29-28-41-39-22-10-13-25-47(39)58-50(41)48)56-46-31-35-18-5-4-17-34(35)30-42(46)40-27-26-32-14-6-7-19-36(32)49(40)56/h1-31H,(H2,53,54,55). The number of para-hydroxylation sites is 3. The number of hydrogen-bond acceptors (Lipinski definition) is 2. The van der Waals surface area contributed by atoms with Crippen molar-refractivity contribution < 1.29 is 4.42 Å². The number of furan rings is 1. The third-order valence-corrected chi connectivity index (χ3v) is 11.6. The number of nitrogens with one attached hydrogen (secondary N) is 2. The molecule has 6 nitrogen and oxygen atoms in total. The molecule has 0 saturated heterocycles. The second-order valence-corrected chi connectivity index (χ2v) is 14.8. The molecule has 0 bridgehead atoms. The van der Waals surface area contributed by atoms with Crippen molar-refractivity contribution in [2.24, 2.45) is 4.99 Å². The van der Waals surface area contributed by atoms with E-state index in [2.05, 4.69) is 142 Å². The molecule has 0 aliphatic carbocycles. The fourth-order valence-corrected chi connectivity index (χ4v) is 8.97. The van der Waals surface area contributed by atoms with Gasteiger partial charge in [-0.05, 0) is 58.6 Å². The van der Waals surface area contributed by atoms with Crippen molar-refractivity contribution in [1.29, 1.82) is 5.41 Å². The van der Waals surface area contributed by atoms with Crippen LogP contribution >= 0.6 is 0 Å². The summed E-state index contributed by atoms with van der Waals surface area (Å²) in [6.07, 6.45) is 0. The van der Waals surface area contributed by atoms with Gasteiger partial charge in [-0.15, -0.1) is 0 Å². The van der Waals surface area contributed by atoms with Crippen LogP contribution in [0.3, 0.4) is 0 Å². The van der Waals surface area contributed by atoms with Crippen LogP contribution in [0.4, 0.5) is 0 Å². The summed E-state index contributed by atoms with van der Waals surface area (Å²) in [6.45, 7) is 0. The van der Waals surface area contributed by atoms with E-state index in [1.807, 2.05) is 60.7 Å². The lowest BCUT2D eigenvalue weighted by Gasteiger charge is -2.17. The van der Waals surface area contributed by atoms with E-state index in [4.69, 9.17) is 9.41 Å². The van der Waals surface area contributed by atoms with Gasteiger partial charge in [0.15, 0.2) is 11.7 Å². The van der Waals surface area contributed by atoms with E-state index in [0.29, 0.717) is 17.0 Å². The zero-order chi connectivity index (χ0) is 38.3. The molecule has 0 spiro atoms. The summed E-state index contributed by atoms with van der Waals surface area (Å²) in [5, 5.41) is 21.2. The third-order valence-electron chi connectivity index (χ3n) is 11.6. The van der Waals surface area contributed by atoms with Crippen molar-refractivity contribution in [2.75, 3.05) is 5.43 Å². The van der Waals surface area contributed by atoms with Gasteiger partial charge < -0.3 is 8.98 Å². The van der Waals surface area contributed by atoms with Gasteiger partial charge in [0.25, 0.3) is 0 Å². The van der Waals surface area contributed by atoms with Crippen LogP contribution in [0.15, 0.2) is 197 Å². The molecule has 9 aromatic carbocycles. The maximum Gasteiger partial charge on any atom is 0.160 e. The highest BCUT2D eigenvalue weighted by molar-refractivity contribution is 6.24. The summed E-state index contributed by atoms with van der Waals surface area (Å²) in [5.74, 6) is 0.609. The van der Waals surface area contributed by atoms with Gasteiger partial charge in [0, 0.05) is 43.3 Å².